The molecule has 29 heavy (non-hydrogen) atoms. The van der Waals surface area contributed by atoms with Crippen LogP contribution in [0.4, 0.5) is 0 Å². The van der Waals surface area contributed by atoms with E-state index in [1.165, 1.54) is 0 Å². The van der Waals surface area contributed by atoms with Crippen LogP contribution in [0.2, 0.25) is 0 Å². The minimum atomic E-state index is -0.136. The first-order valence-corrected chi connectivity index (χ1v) is 9.55. The number of carbonyl (C=O) groups is 1. The summed E-state index contributed by atoms with van der Waals surface area (Å²) in [5.74, 6) is 1.04. The fraction of sp³-hybridized carbons (Fsp3) is 0.227. The van der Waals surface area contributed by atoms with Crippen molar-refractivity contribution in [3.63, 3.8) is 0 Å². The Morgan fingerprint density at radius 1 is 0.966 bits per heavy atom. The molecule has 1 amide bonds. The Balaban J connectivity index is 1.47. The second-order valence-corrected chi connectivity index (χ2v) is 7.26. The van der Waals surface area contributed by atoms with Crippen LogP contribution in [0, 0.1) is 6.92 Å². The van der Waals surface area contributed by atoms with E-state index in [0.29, 0.717) is 36.0 Å². The molecule has 7 nitrogen and oxygen atoms in total. The highest BCUT2D eigenvalue weighted by atomic mass is 16.5. The second-order valence-electron chi connectivity index (χ2n) is 7.26. The molecule has 3 heterocycles. The lowest BCUT2D eigenvalue weighted by molar-refractivity contribution is 0.0782. The number of carbonyl (C=O) groups excluding carboxylic acids is 1. The average molecular weight is 385 g/mol. The third-order valence-electron chi connectivity index (χ3n) is 5.36. The van der Waals surface area contributed by atoms with E-state index >= 15 is 0 Å². The third-order valence-corrected chi connectivity index (χ3v) is 5.36. The first kappa shape index (κ1) is 17.5. The normalized spacial score (nSPS) is 19.0. The Hall–Kier alpha value is -3.61. The second kappa shape index (κ2) is 7.09. The number of likely N-dealkylation sites (tertiary alicyclic amines) is 1. The van der Waals surface area contributed by atoms with Crippen molar-refractivity contribution in [3.05, 3.63) is 83.8 Å². The average Bonchev–Trinajstić information content (AvgIpc) is 3.40. The quantitative estimate of drug-likeness (QED) is 0.538. The van der Waals surface area contributed by atoms with Gasteiger partial charge in [0.25, 0.3) is 5.91 Å². The van der Waals surface area contributed by atoms with Gasteiger partial charge >= 0.3 is 0 Å². The van der Waals surface area contributed by atoms with Crippen LogP contribution in [0.15, 0.2) is 65.3 Å². The van der Waals surface area contributed by atoms with E-state index in [9.17, 15) is 4.79 Å². The number of hydrogen-bond donors (Lipinski definition) is 0. The van der Waals surface area contributed by atoms with Crippen LogP contribution in [-0.2, 0) is 0 Å². The van der Waals surface area contributed by atoms with E-state index in [1.807, 2.05) is 42.5 Å². The maximum Gasteiger partial charge on any atom is 0.274 e. The topological polar surface area (TPSA) is 85.0 Å². The number of nitrogens with zero attached hydrogens (tertiary/aromatic N) is 5. The lowest BCUT2D eigenvalue weighted by atomic mass is 9.89. The van der Waals surface area contributed by atoms with Crippen molar-refractivity contribution in [2.75, 3.05) is 13.1 Å². The Morgan fingerprint density at radius 3 is 2.45 bits per heavy atom. The highest BCUT2D eigenvalue weighted by Gasteiger charge is 2.40. The summed E-state index contributed by atoms with van der Waals surface area (Å²) in [5.41, 5.74) is 2.97. The van der Waals surface area contributed by atoms with Gasteiger partial charge in [-0.05, 0) is 24.6 Å². The Kier molecular flexibility index (Phi) is 4.27. The number of aromatic nitrogens is 4. The zero-order valence-corrected chi connectivity index (χ0v) is 15.9. The van der Waals surface area contributed by atoms with Crippen LogP contribution < -0.4 is 0 Å². The summed E-state index contributed by atoms with van der Waals surface area (Å²) < 4.78 is 5.46. The minimum absolute atomic E-state index is 0.0593. The monoisotopic (exact) mass is 385 g/mol. The largest absolute Gasteiger partial charge is 0.339 e. The number of hydrogen-bond acceptors (Lipinski definition) is 6. The standard InChI is InChI=1S/C22H19N5O2/c1-14-24-21(29-26-14)17-13-27(12-16(17)15-7-3-2-4-8-15)22(28)20-11-23-18-9-5-6-10-19(18)25-20/h2-11,16-17H,12-13H2,1H3. The van der Waals surface area contributed by atoms with Crippen LogP contribution in [-0.4, -0.2) is 44.0 Å². The molecule has 0 saturated carbocycles. The predicted octanol–water partition coefficient (Wildman–Crippen LogP) is 3.34. The number of rotatable bonds is 3. The van der Waals surface area contributed by atoms with E-state index in [0.717, 1.165) is 11.1 Å². The summed E-state index contributed by atoms with van der Waals surface area (Å²) in [6.45, 7) is 2.85. The van der Waals surface area contributed by atoms with E-state index in [-0.39, 0.29) is 17.7 Å². The van der Waals surface area contributed by atoms with Gasteiger partial charge in [-0.15, -0.1) is 0 Å². The van der Waals surface area contributed by atoms with Crippen molar-refractivity contribution in [2.24, 2.45) is 0 Å². The molecule has 0 bridgehead atoms. The summed E-state index contributed by atoms with van der Waals surface area (Å²) in [6.07, 6.45) is 1.55. The van der Waals surface area contributed by atoms with Gasteiger partial charge in [-0.25, -0.2) is 4.98 Å². The molecule has 4 aromatic rings. The molecule has 1 aliphatic rings. The smallest absolute Gasteiger partial charge is 0.274 e. The number of amides is 1. The Labute approximate surface area is 167 Å². The van der Waals surface area contributed by atoms with Crippen LogP contribution in [0.25, 0.3) is 11.0 Å². The number of fused-ring (bicyclic) bond motifs is 1. The predicted molar refractivity (Wildman–Crippen MR) is 106 cm³/mol. The first-order valence-electron chi connectivity index (χ1n) is 9.55. The molecule has 2 aromatic carbocycles. The van der Waals surface area contributed by atoms with E-state index < -0.39 is 0 Å². The molecule has 1 aliphatic heterocycles. The van der Waals surface area contributed by atoms with Gasteiger partial charge in [0.05, 0.1) is 23.1 Å². The summed E-state index contributed by atoms with van der Waals surface area (Å²) >= 11 is 0. The molecule has 0 radical (unpaired) electrons. The van der Waals surface area contributed by atoms with Crippen molar-refractivity contribution in [3.8, 4) is 0 Å². The van der Waals surface area contributed by atoms with Crippen molar-refractivity contribution < 1.29 is 9.32 Å². The SMILES string of the molecule is Cc1noc(C2CN(C(=O)c3cnc4ccccc4n3)CC2c2ccccc2)n1. The maximum atomic E-state index is 13.2. The molecule has 0 N–H and O–H groups in total. The molecule has 5 rings (SSSR count). The van der Waals surface area contributed by atoms with Gasteiger partial charge < -0.3 is 9.42 Å². The van der Waals surface area contributed by atoms with Gasteiger partial charge in [0.15, 0.2) is 5.82 Å². The molecule has 0 spiro atoms. The van der Waals surface area contributed by atoms with Crippen molar-refractivity contribution in [1.29, 1.82) is 0 Å². The maximum absolute atomic E-state index is 13.2. The van der Waals surface area contributed by atoms with E-state index in [1.54, 1.807) is 18.0 Å². The molecule has 2 unspecified atom stereocenters. The van der Waals surface area contributed by atoms with E-state index in [4.69, 9.17) is 4.52 Å². The molecular formula is C22H19N5O2. The molecule has 0 aliphatic carbocycles. The zero-order chi connectivity index (χ0) is 19.8. The molecule has 7 heteroatoms. The van der Waals surface area contributed by atoms with Crippen molar-refractivity contribution >= 4 is 16.9 Å². The number of benzene rings is 2. The van der Waals surface area contributed by atoms with E-state index in [2.05, 4.69) is 32.2 Å². The van der Waals surface area contributed by atoms with Crippen molar-refractivity contribution in [2.45, 2.75) is 18.8 Å². The molecule has 2 aromatic heterocycles. The molecule has 1 fully saturated rings. The molecule has 2 atom stereocenters. The lowest BCUT2D eigenvalue weighted by Crippen LogP contribution is -2.29. The van der Waals surface area contributed by atoms with Crippen LogP contribution >= 0.6 is 0 Å². The highest BCUT2D eigenvalue weighted by molar-refractivity contribution is 5.94. The van der Waals surface area contributed by atoms with Crippen LogP contribution in [0.5, 0.6) is 0 Å². The number of para-hydroxylation sites is 2. The molecule has 144 valence electrons. The third kappa shape index (κ3) is 3.24. The van der Waals surface area contributed by atoms with Gasteiger partial charge in [-0.1, -0.05) is 47.6 Å². The van der Waals surface area contributed by atoms with Crippen LogP contribution in [0.3, 0.4) is 0 Å². The highest BCUT2D eigenvalue weighted by Crippen LogP contribution is 2.39. The minimum Gasteiger partial charge on any atom is -0.339 e. The molecule has 1 saturated heterocycles. The van der Waals surface area contributed by atoms with Crippen molar-refractivity contribution in [1.82, 2.24) is 25.0 Å². The lowest BCUT2D eigenvalue weighted by Gasteiger charge is -2.16. The first-order chi connectivity index (χ1) is 14.2. The fourth-order valence-electron chi connectivity index (χ4n) is 3.94. The van der Waals surface area contributed by atoms with Crippen LogP contribution in [0.1, 0.15) is 39.6 Å². The van der Waals surface area contributed by atoms with Gasteiger partial charge in [-0.3, -0.25) is 9.78 Å². The van der Waals surface area contributed by atoms with Gasteiger partial charge in [0.1, 0.15) is 5.69 Å². The molecular weight excluding hydrogens is 366 g/mol. The Morgan fingerprint density at radius 2 is 1.69 bits per heavy atom. The summed E-state index contributed by atoms with van der Waals surface area (Å²) in [6, 6.07) is 17.7. The van der Waals surface area contributed by atoms with Gasteiger partial charge in [0.2, 0.25) is 5.89 Å². The zero-order valence-electron chi connectivity index (χ0n) is 15.9. The van der Waals surface area contributed by atoms with Gasteiger partial charge in [0, 0.05) is 19.0 Å². The summed E-state index contributed by atoms with van der Waals surface area (Å²) in [4.78, 5) is 28.3. The fourth-order valence-corrected chi connectivity index (χ4v) is 3.94. The summed E-state index contributed by atoms with van der Waals surface area (Å²) in [5, 5.41) is 3.94. The Bertz CT molecular complexity index is 1170. The van der Waals surface area contributed by atoms with Gasteiger partial charge in [-0.2, -0.15) is 4.98 Å². The summed E-state index contributed by atoms with van der Waals surface area (Å²) in [7, 11) is 0. The number of aryl methyl sites for hydroxylation is 1.